The number of alkyl halides is 3. The molecule has 0 aromatic heterocycles. The molecule has 1 atom stereocenters. The molecule has 2 aromatic rings. The van der Waals surface area contributed by atoms with E-state index in [-0.39, 0.29) is 18.7 Å². The largest absolute Gasteiger partial charge is 0.493 e. The zero-order valence-corrected chi connectivity index (χ0v) is 19.1. The van der Waals surface area contributed by atoms with E-state index in [1.54, 1.807) is 45.0 Å². The van der Waals surface area contributed by atoms with Crippen LogP contribution in [0.4, 0.5) is 13.2 Å². The second-order valence-corrected chi connectivity index (χ2v) is 9.69. The number of fused-ring (bicyclic) bond motifs is 2. The van der Waals surface area contributed by atoms with Gasteiger partial charge in [0.05, 0.1) is 6.61 Å². The van der Waals surface area contributed by atoms with Gasteiger partial charge in [-0.1, -0.05) is 44.2 Å². The van der Waals surface area contributed by atoms with Crippen LogP contribution in [0.15, 0.2) is 41.4 Å². The lowest BCUT2D eigenvalue weighted by Gasteiger charge is -2.38. The number of ether oxygens (including phenoxy) is 1. The highest BCUT2D eigenvalue weighted by atomic mass is 19.4. The molecular formula is C26H28F3NO3. The van der Waals surface area contributed by atoms with Crippen molar-refractivity contribution in [2.24, 2.45) is 4.99 Å². The van der Waals surface area contributed by atoms with Gasteiger partial charge >= 0.3 is 6.18 Å². The second-order valence-electron chi connectivity index (χ2n) is 9.69. The van der Waals surface area contributed by atoms with Crippen LogP contribution in [0.5, 0.6) is 5.75 Å². The molecule has 2 heterocycles. The van der Waals surface area contributed by atoms with Crippen LogP contribution in [-0.4, -0.2) is 41.5 Å². The van der Waals surface area contributed by atoms with Crippen molar-refractivity contribution in [3.8, 4) is 5.75 Å². The molecule has 2 aliphatic heterocycles. The summed E-state index contributed by atoms with van der Waals surface area (Å²) in [6, 6.07) is 10.6. The first-order chi connectivity index (χ1) is 15.4. The molecule has 0 aliphatic carbocycles. The van der Waals surface area contributed by atoms with Crippen molar-refractivity contribution in [2.45, 2.75) is 63.6 Å². The average Bonchev–Trinajstić information content (AvgIpc) is 3.22. The number of Topliss-reactive ketones (excluding diaryl/α,β-unsaturated/α-hetero) is 1. The molecule has 2 aliphatic rings. The number of carbonyl (C=O) groups excluding carboxylic acids is 1. The quantitative estimate of drug-likeness (QED) is 0.644. The van der Waals surface area contributed by atoms with Gasteiger partial charge in [-0.25, -0.2) is 0 Å². The van der Waals surface area contributed by atoms with Crippen molar-refractivity contribution in [3.05, 3.63) is 64.2 Å². The topological polar surface area (TPSA) is 58.9 Å². The van der Waals surface area contributed by atoms with Gasteiger partial charge in [-0.2, -0.15) is 13.2 Å². The second kappa shape index (κ2) is 8.28. The summed E-state index contributed by atoms with van der Waals surface area (Å²) in [5.41, 5.74) is 0.320. The maximum Gasteiger partial charge on any atom is 0.417 e. The van der Waals surface area contributed by atoms with Crippen LogP contribution in [0, 0.1) is 0 Å². The number of carbonyl (C=O) groups is 1. The summed E-state index contributed by atoms with van der Waals surface area (Å²) in [5.74, 6) is 0.537. The Morgan fingerprint density at radius 2 is 1.88 bits per heavy atom. The minimum Gasteiger partial charge on any atom is -0.493 e. The highest BCUT2D eigenvalue weighted by Crippen LogP contribution is 2.47. The first-order valence-corrected chi connectivity index (χ1v) is 11.1. The van der Waals surface area contributed by atoms with Gasteiger partial charge in [0.15, 0.2) is 11.4 Å². The molecule has 0 fully saturated rings. The fourth-order valence-electron chi connectivity index (χ4n) is 4.91. The highest BCUT2D eigenvalue weighted by Gasteiger charge is 2.55. The zero-order valence-electron chi connectivity index (χ0n) is 19.1. The van der Waals surface area contributed by atoms with Gasteiger partial charge < -0.3 is 9.84 Å². The van der Waals surface area contributed by atoms with E-state index in [2.05, 4.69) is 4.99 Å². The summed E-state index contributed by atoms with van der Waals surface area (Å²) in [6.45, 7) is 5.81. The zero-order chi connectivity index (χ0) is 24.0. The van der Waals surface area contributed by atoms with Crippen LogP contribution < -0.4 is 4.74 Å². The third kappa shape index (κ3) is 4.43. The van der Waals surface area contributed by atoms with Crippen LogP contribution in [0.25, 0.3) is 0 Å². The molecule has 0 bridgehead atoms. The molecule has 176 valence electrons. The van der Waals surface area contributed by atoms with Gasteiger partial charge in [0, 0.05) is 28.8 Å². The van der Waals surface area contributed by atoms with E-state index >= 15 is 0 Å². The third-order valence-electron chi connectivity index (χ3n) is 6.77. The summed E-state index contributed by atoms with van der Waals surface area (Å²) < 4.78 is 48.2. The predicted molar refractivity (Wildman–Crippen MR) is 120 cm³/mol. The number of benzene rings is 2. The number of nitrogens with zero attached hydrogens (tertiary/aromatic N) is 1. The summed E-state index contributed by atoms with van der Waals surface area (Å²) in [5, 5.41) is 10.9. The Morgan fingerprint density at radius 3 is 2.61 bits per heavy atom. The van der Waals surface area contributed by atoms with Gasteiger partial charge in [-0.15, -0.1) is 0 Å². The molecule has 4 nitrogen and oxygen atoms in total. The number of hydrogen-bond donors (Lipinski definition) is 1. The lowest BCUT2D eigenvalue weighted by molar-refractivity contribution is -0.269. The molecule has 0 saturated heterocycles. The number of ketones is 1. The maximum absolute atomic E-state index is 14.2. The number of rotatable bonds is 6. The van der Waals surface area contributed by atoms with Gasteiger partial charge in [-0.3, -0.25) is 9.79 Å². The van der Waals surface area contributed by atoms with Crippen molar-refractivity contribution < 1.29 is 27.8 Å². The van der Waals surface area contributed by atoms with E-state index in [1.807, 2.05) is 12.1 Å². The number of para-hydroxylation sites is 1. The molecule has 0 saturated carbocycles. The average molecular weight is 460 g/mol. The SMILES string of the molecule is CC1=NCC(=O)c2ccc(CCC(O)(CC(C)(C)c3cccc4c3OCC4)C(F)(F)F)cc21. The Labute approximate surface area is 191 Å². The Kier molecular flexibility index (Phi) is 5.89. The van der Waals surface area contributed by atoms with Crippen LogP contribution >= 0.6 is 0 Å². The van der Waals surface area contributed by atoms with Crippen molar-refractivity contribution in [1.82, 2.24) is 0 Å². The number of aryl methyl sites for hydroxylation is 1. The fourth-order valence-corrected chi connectivity index (χ4v) is 4.91. The van der Waals surface area contributed by atoms with E-state index in [0.29, 0.717) is 40.3 Å². The Morgan fingerprint density at radius 1 is 1.12 bits per heavy atom. The molecule has 0 spiro atoms. The van der Waals surface area contributed by atoms with Gasteiger partial charge in [0.25, 0.3) is 0 Å². The van der Waals surface area contributed by atoms with Crippen molar-refractivity contribution in [2.75, 3.05) is 13.2 Å². The normalized spacial score (nSPS) is 17.7. The first kappa shape index (κ1) is 23.5. The van der Waals surface area contributed by atoms with Crippen LogP contribution in [-0.2, 0) is 18.3 Å². The van der Waals surface area contributed by atoms with Crippen LogP contribution in [0.3, 0.4) is 0 Å². The molecule has 1 unspecified atom stereocenters. The van der Waals surface area contributed by atoms with Crippen molar-refractivity contribution >= 4 is 11.5 Å². The van der Waals surface area contributed by atoms with E-state index < -0.39 is 30.0 Å². The lowest BCUT2D eigenvalue weighted by atomic mass is 9.72. The third-order valence-corrected chi connectivity index (χ3v) is 6.77. The Bertz CT molecular complexity index is 1120. The molecule has 1 N–H and O–H groups in total. The number of hydrogen-bond acceptors (Lipinski definition) is 4. The Hall–Kier alpha value is -2.67. The van der Waals surface area contributed by atoms with Gasteiger partial charge in [0.2, 0.25) is 0 Å². The summed E-state index contributed by atoms with van der Waals surface area (Å²) in [4.78, 5) is 16.2. The smallest absolute Gasteiger partial charge is 0.417 e. The van der Waals surface area contributed by atoms with E-state index in [4.69, 9.17) is 4.74 Å². The molecule has 7 heteroatoms. The number of aliphatic hydroxyl groups is 1. The summed E-state index contributed by atoms with van der Waals surface area (Å²) in [6.07, 6.45) is -5.03. The first-order valence-electron chi connectivity index (χ1n) is 11.1. The van der Waals surface area contributed by atoms with Gasteiger partial charge in [-0.05, 0) is 48.8 Å². The minimum absolute atomic E-state index is 0.0181. The fraction of sp³-hybridized carbons (Fsp3) is 0.462. The van der Waals surface area contributed by atoms with E-state index in [1.165, 1.54) is 0 Å². The number of halogens is 3. The van der Waals surface area contributed by atoms with Crippen molar-refractivity contribution in [3.63, 3.8) is 0 Å². The van der Waals surface area contributed by atoms with E-state index in [0.717, 1.165) is 12.0 Å². The minimum atomic E-state index is -4.80. The van der Waals surface area contributed by atoms with Crippen LogP contribution in [0.2, 0.25) is 0 Å². The summed E-state index contributed by atoms with van der Waals surface area (Å²) in [7, 11) is 0. The van der Waals surface area contributed by atoms with Crippen molar-refractivity contribution in [1.29, 1.82) is 0 Å². The standard InChI is InChI=1S/C26H28F3NO3/c1-16-20-13-17(7-8-19(20)22(31)14-30-16)9-11-25(32,26(27,28)29)15-24(2,3)21-6-4-5-18-10-12-33-23(18)21/h4-8,13,32H,9-12,14-15H2,1-3H3. The van der Waals surface area contributed by atoms with E-state index in [9.17, 15) is 23.1 Å². The monoisotopic (exact) mass is 459 g/mol. The molecule has 2 aromatic carbocycles. The maximum atomic E-state index is 14.2. The molecule has 4 rings (SSSR count). The molecule has 33 heavy (non-hydrogen) atoms. The molecular weight excluding hydrogens is 431 g/mol. The number of aliphatic imine (C=N–C) groups is 1. The van der Waals surface area contributed by atoms with Crippen LogP contribution in [0.1, 0.15) is 66.2 Å². The summed E-state index contributed by atoms with van der Waals surface area (Å²) >= 11 is 0. The van der Waals surface area contributed by atoms with Gasteiger partial charge in [0.1, 0.15) is 12.3 Å². The highest BCUT2D eigenvalue weighted by molar-refractivity contribution is 6.14. The Balaban J connectivity index is 1.59. The predicted octanol–water partition coefficient (Wildman–Crippen LogP) is 5.22. The molecule has 0 radical (unpaired) electrons. The lowest BCUT2D eigenvalue weighted by Crippen LogP contribution is -2.49. The molecule has 0 amide bonds.